The lowest BCUT2D eigenvalue weighted by Crippen LogP contribution is -2.19. The second-order valence-corrected chi connectivity index (χ2v) is 10.7. The van der Waals surface area contributed by atoms with E-state index < -0.39 is 5.25 Å². The molecule has 0 aliphatic rings. The lowest BCUT2D eigenvalue weighted by Gasteiger charge is -2.17. The summed E-state index contributed by atoms with van der Waals surface area (Å²) in [5.74, 6) is 0.126. The second-order valence-electron chi connectivity index (χ2n) is 9.51. The zero-order valence-electron chi connectivity index (χ0n) is 24.3. The van der Waals surface area contributed by atoms with Gasteiger partial charge < -0.3 is 24.8 Å². The Labute approximate surface area is 255 Å². The van der Waals surface area contributed by atoms with Crippen LogP contribution in [0.5, 0.6) is 11.5 Å². The van der Waals surface area contributed by atoms with Crippen LogP contribution in [-0.2, 0) is 9.53 Å². The Bertz CT molecular complexity index is 1530. The molecule has 2 N–H and O–H groups in total. The number of thioether (sulfide) groups is 1. The monoisotopic (exact) mass is 598 g/mol. The number of amides is 2. The summed E-state index contributed by atoms with van der Waals surface area (Å²) in [5.41, 5.74) is 2.88. The van der Waals surface area contributed by atoms with Crippen LogP contribution in [0.4, 0.5) is 11.4 Å². The van der Waals surface area contributed by atoms with Crippen LogP contribution in [0.25, 0.3) is 0 Å². The SMILES string of the molecule is CCCCOC(=O)c1ccc(NC(=O)C(Sc2ccc(NC(=O)c3ccc(OC)c(OC)c3)cc2)c2ccccc2)cc1. The van der Waals surface area contributed by atoms with Gasteiger partial charge in [0.1, 0.15) is 5.25 Å². The molecule has 222 valence electrons. The van der Waals surface area contributed by atoms with E-state index >= 15 is 0 Å². The maximum Gasteiger partial charge on any atom is 0.338 e. The second kappa shape index (κ2) is 15.5. The number of esters is 1. The van der Waals surface area contributed by atoms with Crippen molar-refractivity contribution in [2.75, 3.05) is 31.5 Å². The van der Waals surface area contributed by atoms with E-state index in [0.717, 1.165) is 23.3 Å². The number of carbonyl (C=O) groups is 3. The standard InChI is InChI=1S/C34H34N2O6S/c1-4-5-21-42-34(39)24-11-14-26(15-12-24)36-33(38)31(23-9-7-6-8-10-23)43-28-18-16-27(17-19-28)35-32(37)25-13-20-29(40-2)30(22-25)41-3/h6-20,22,31H,4-5,21H2,1-3H3,(H,35,37)(H,36,38). The highest BCUT2D eigenvalue weighted by atomic mass is 32.2. The normalized spacial score (nSPS) is 11.2. The topological polar surface area (TPSA) is 103 Å². The van der Waals surface area contributed by atoms with Crippen molar-refractivity contribution in [3.8, 4) is 11.5 Å². The van der Waals surface area contributed by atoms with Crippen molar-refractivity contribution >= 4 is 40.9 Å². The lowest BCUT2D eigenvalue weighted by atomic mass is 10.1. The van der Waals surface area contributed by atoms with Gasteiger partial charge in [-0.05, 0) is 78.7 Å². The number of hydrogen-bond acceptors (Lipinski definition) is 7. The van der Waals surface area contributed by atoms with Crippen molar-refractivity contribution in [2.45, 2.75) is 29.9 Å². The molecule has 0 radical (unpaired) electrons. The lowest BCUT2D eigenvalue weighted by molar-refractivity contribution is -0.115. The highest BCUT2D eigenvalue weighted by Gasteiger charge is 2.22. The minimum Gasteiger partial charge on any atom is -0.493 e. The highest BCUT2D eigenvalue weighted by molar-refractivity contribution is 8.00. The fourth-order valence-corrected chi connectivity index (χ4v) is 5.15. The minimum atomic E-state index is -0.549. The molecule has 8 nitrogen and oxygen atoms in total. The number of carbonyl (C=O) groups excluding carboxylic acids is 3. The number of hydrogen-bond donors (Lipinski definition) is 2. The summed E-state index contributed by atoms with van der Waals surface area (Å²) in [5, 5.41) is 5.30. The van der Waals surface area contributed by atoms with Crippen LogP contribution >= 0.6 is 11.8 Å². The predicted octanol–water partition coefficient (Wildman–Crippen LogP) is 7.39. The molecule has 4 aromatic rings. The molecule has 0 saturated carbocycles. The third kappa shape index (κ3) is 8.62. The van der Waals surface area contributed by atoms with E-state index in [1.165, 1.54) is 26.0 Å². The fourth-order valence-electron chi connectivity index (χ4n) is 4.12. The fraction of sp³-hybridized carbons (Fsp3) is 0.206. The van der Waals surface area contributed by atoms with E-state index in [-0.39, 0.29) is 17.8 Å². The summed E-state index contributed by atoms with van der Waals surface area (Å²) in [6, 6.07) is 28.4. The maximum absolute atomic E-state index is 13.5. The van der Waals surface area contributed by atoms with E-state index in [1.807, 2.05) is 49.4 Å². The smallest absolute Gasteiger partial charge is 0.338 e. The molecule has 43 heavy (non-hydrogen) atoms. The number of methoxy groups -OCH3 is 2. The van der Waals surface area contributed by atoms with Crippen molar-refractivity contribution < 1.29 is 28.6 Å². The van der Waals surface area contributed by atoms with Crippen LogP contribution in [0.2, 0.25) is 0 Å². The van der Waals surface area contributed by atoms with E-state index in [1.54, 1.807) is 54.6 Å². The van der Waals surface area contributed by atoms with Gasteiger partial charge in [-0.3, -0.25) is 9.59 Å². The summed E-state index contributed by atoms with van der Waals surface area (Å²) >= 11 is 1.39. The van der Waals surface area contributed by atoms with Gasteiger partial charge in [0.15, 0.2) is 11.5 Å². The van der Waals surface area contributed by atoms with E-state index in [0.29, 0.717) is 40.6 Å². The van der Waals surface area contributed by atoms with Gasteiger partial charge in [-0.2, -0.15) is 0 Å². The van der Waals surface area contributed by atoms with Crippen LogP contribution in [0, 0.1) is 0 Å². The average Bonchev–Trinajstić information content (AvgIpc) is 3.04. The van der Waals surface area contributed by atoms with Gasteiger partial charge in [0.2, 0.25) is 5.91 Å². The Kier molecular flexibility index (Phi) is 11.2. The molecule has 0 spiro atoms. The molecular formula is C34H34N2O6S. The molecule has 4 aromatic carbocycles. The van der Waals surface area contributed by atoms with Gasteiger partial charge in [0.25, 0.3) is 5.91 Å². The first kappa shape index (κ1) is 31.2. The third-order valence-corrected chi connectivity index (χ3v) is 7.74. The van der Waals surface area contributed by atoms with Gasteiger partial charge in [-0.15, -0.1) is 11.8 Å². The molecule has 1 unspecified atom stereocenters. The molecule has 0 heterocycles. The van der Waals surface area contributed by atoms with Crippen LogP contribution in [0.3, 0.4) is 0 Å². The van der Waals surface area contributed by atoms with Gasteiger partial charge in [-0.25, -0.2) is 4.79 Å². The van der Waals surface area contributed by atoms with E-state index in [4.69, 9.17) is 14.2 Å². The van der Waals surface area contributed by atoms with Gasteiger partial charge in [0.05, 0.1) is 26.4 Å². The Balaban J connectivity index is 1.43. The maximum atomic E-state index is 13.5. The molecule has 0 bridgehead atoms. The number of benzene rings is 4. The summed E-state index contributed by atoms with van der Waals surface area (Å²) in [6.45, 7) is 2.42. The van der Waals surface area contributed by atoms with Crippen LogP contribution in [0.15, 0.2) is 102 Å². The zero-order chi connectivity index (χ0) is 30.6. The molecular weight excluding hydrogens is 564 g/mol. The van der Waals surface area contributed by atoms with Gasteiger partial charge in [-0.1, -0.05) is 43.7 Å². The Morgan fingerprint density at radius 3 is 2.02 bits per heavy atom. The van der Waals surface area contributed by atoms with Crippen molar-refractivity contribution in [1.82, 2.24) is 0 Å². The van der Waals surface area contributed by atoms with Crippen molar-refractivity contribution in [2.24, 2.45) is 0 Å². The summed E-state index contributed by atoms with van der Waals surface area (Å²) in [4.78, 5) is 39.4. The van der Waals surface area contributed by atoms with Crippen molar-refractivity contribution in [3.63, 3.8) is 0 Å². The van der Waals surface area contributed by atoms with Gasteiger partial charge >= 0.3 is 5.97 Å². The Hall–Kier alpha value is -4.76. The van der Waals surface area contributed by atoms with Crippen LogP contribution in [0.1, 0.15) is 51.3 Å². The minimum absolute atomic E-state index is 0.208. The van der Waals surface area contributed by atoms with Gasteiger partial charge in [0, 0.05) is 21.8 Å². The predicted molar refractivity (Wildman–Crippen MR) is 169 cm³/mol. The highest BCUT2D eigenvalue weighted by Crippen LogP contribution is 2.37. The molecule has 0 saturated heterocycles. The van der Waals surface area contributed by atoms with Crippen LogP contribution < -0.4 is 20.1 Å². The summed E-state index contributed by atoms with van der Waals surface area (Å²) in [7, 11) is 3.05. The number of ether oxygens (including phenoxy) is 3. The zero-order valence-corrected chi connectivity index (χ0v) is 25.1. The first-order valence-corrected chi connectivity index (χ1v) is 14.7. The quantitative estimate of drug-likeness (QED) is 0.0940. The molecule has 0 aliphatic carbocycles. The van der Waals surface area contributed by atoms with Crippen LogP contribution in [-0.4, -0.2) is 38.6 Å². The molecule has 1 atom stereocenters. The number of anilines is 2. The largest absolute Gasteiger partial charge is 0.493 e. The Morgan fingerprint density at radius 1 is 0.744 bits per heavy atom. The molecule has 0 fully saturated rings. The number of rotatable bonds is 13. The van der Waals surface area contributed by atoms with Crippen molar-refractivity contribution in [3.05, 3.63) is 114 Å². The van der Waals surface area contributed by atoms with Crippen molar-refractivity contribution in [1.29, 1.82) is 0 Å². The number of unbranched alkanes of at least 4 members (excludes halogenated alkanes) is 1. The third-order valence-electron chi connectivity index (χ3n) is 6.47. The summed E-state index contributed by atoms with van der Waals surface area (Å²) in [6.07, 6.45) is 1.76. The molecule has 0 aliphatic heterocycles. The first-order chi connectivity index (χ1) is 20.9. The molecule has 9 heteroatoms. The van der Waals surface area contributed by atoms with E-state index in [9.17, 15) is 14.4 Å². The molecule has 0 aromatic heterocycles. The molecule has 2 amide bonds. The summed E-state index contributed by atoms with van der Waals surface area (Å²) < 4.78 is 15.8. The Morgan fingerprint density at radius 2 is 1.37 bits per heavy atom. The molecule has 4 rings (SSSR count). The first-order valence-electron chi connectivity index (χ1n) is 13.8. The van der Waals surface area contributed by atoms with E-state index in [2.05, 4.69) is 10.6 Å². The average molecular weight is 599 g/mol. The number of nitrogens with one attached hydrogen (secondary N) is 2.